The van der Waals surface area contributed by atoms with Crippen LogP contribution < -0.4 is 10.6 Å². The lowest BCUT2D eigenvalue weighted by molar-refractivity contribution is 0.387. The van der Waals surface area contributed by atoms with Crippen LogP contribution in [0.1, 0.15) is 37.1 Å². The zero-order valence-electron chi connectivity index (χ0n) is 15.6. The summed E-state index contributed by atoms with van der Waals surface area (Å²) in [5, 5.41) is 7.20. The Morgan fingerprint density at radius 3 is 2.81 bits per heavy atom. The largest absolute Gasteiger partial charge is 0.469 e. The Morgan fingerprint density at radius 2 is 2.11 bits per heavy atom. The standard InChI is InChI=1S/C21H28N4O.HI/c1-2-10-22-18(4-1)8-11-23-21(24-12-9-19-5-3-13-26-19)25-20-15-16-6-7-17(20)14-16;/h1-5,10,13,16-17,20H,6-9,11-12,14-15H2,(H2,23,24,25);1H. The van der Waals surface area contributed by atoms with Crippen molar-refractivity contribution < 1.29 is 4.42 Å². The minimum Gasteiger partial charge on any atom is -0.469 e. The summed E-state index contributed by atoms with van der Waals surface area (Å²) in [7, 11) is 0. The molecular weight excluding hydrogens is 451 g/mol. The van der Waals surface area contributed by atoms with Crippen molar-refractivity contribution in [3.63, 3.8) is 0 Å². The maximum Gasteiger partial charge on any atom is 0.191 e. The monoisotopic (exact) mass is 480 g/mol. The van der Waals surface area contributed by atoms with Crippen LogP contribution in [0.25, 0.3) is 0 Å². The molecule has 2 heterocycles. The van der Waals surface area contributed by atoms with Gasteiger partial charge in [0, 0.05) is 43.9 Å². The minimum absolute atomic E-state index is 0. The van der Waals surface area contributed by atoms with E-state index in [9.17, 15) is 0 Å². The Kier molecular flexibility index (Phi) is 7.55. The predicted octanol–water partition coefficient (Wildman–Crippen LogP) is 3.80. The highest BCUT2D eigenvalue weighted by molar-refractivity contribution is 14.0. The van der Waals surface area contributed by atoms with E-state index in [2.05, 4.69) is 21.7 Å². The molecule has 3 unspecified atom stereocenters. The Balaban J connectivity index is 0.00000210. The second-order valence-electron chi connectivity index (χ2n) is 7.48. The molecule has 0 radical (unpaired) electrons. The summed E-state index contributed by atoms with van der Waals surface area (Å²) in [4.78, 5) is 9.18. The number of pyridine rings is 1. The molecule has 0 aliphatic heterocycles. The van der Waals surface area contributed by atoms with Crippen LogP contribution in [0, 0.1) is 11.8 Å². The van der Waals surface area contributed by atoms with Crippen molar-refractivity contribution in [2.45, 2.75) is 44.6 Å². The van der Waals surface area contributed by atoms with Crippen LogP contribution in [-0.2, 0) is 12.8 Å². The number of guanidine groups is 1. The molecule has 27 heavy (non-hydrogen) atoms. The van der Waals surface area contributed by atoms with Gasteiger partial charge in [-0.3, -0.25) is 9.98 Å². The number of nitrogens with zero attached hydrogens (tertiary/aromatic N) is 2. The maximum absolute atomic E-state index is 5.41. The van der Waals surface area contributed by atoms with E-state index >= 15 is 0 Å². The van der Waals surface area contributed by atoms with Crippen molar-refractivity contribution in [1.82, 2.24) is 15.6 Å². The number of nitrogens with one attached hydrogen (secondary N) is 2. The van der Waals surface area contributed by atoms with E-state index in [-0.39, 0.29) is 24.0 Å². The molecule has 2 aliphatic carbocycles. The van der Waals surface area contributed by atoms with Gasteiger partial charge in [0.05, 0.1) is 6.26 Å². The van der Waals surface area contributed by atoms with Crippen LogP contribution in [0.15, 0.2) is 52.2 Å². The first-order chi connectivity index (χ1) is 12.9. The average molecular weight is 480 g/mol. The van der Waals surface area contributed by atoms with Crippen LogP contribution in [0.4, 0.5) is 0 Å². The topological polar surface area (TPSA) is 62.5 Å². The fourth-order valence-electron chi connectivity index (χ4n) is 4.34. The molecule has 2 N–H and O–H groups in total. The number of fused-ring (bicyclic) bond motifs is 2. The van der Waals surface area contributed by atoms with E-state index in [4.69, 9.17) is 9.41 Å². The number of hydrogen-bond acceptors (Lipinski definition) is 3. The highest BCUT2D eigenvalue weighted by Gasteiger charge is 2.39. The van der Waals surface area contributed by atoms with Gasteiger partial charge >= 0.3 is 0 Å². The third kappa shape index (κ3) is 5.70. The highest BCUT2D eigenvalue weighted by atomic mass is 127. The quantitative estimate of drug-likeness (QED) is 0.360. The summed E-state index contributed by atoms with van der Waals surface area (Å²) >= 11 is 0. The van der Waals surface area contributed by atoms with E-state index in [1.165, 1.54) is 25.7 Å². The molecule has 2 aliphatic rings. The first kappa shape index (κ1) is 20.2. The van der Waals surface area contributed by atoms with E-state index in [1.54, 1.807) is 6.26 Å². The minimum atomic E-state index is 0. The maximum atomic E-state index is 5.41. The molecule has 4 rings (SSSR count). The fourth-order valence-corrected chi connectivity index (χ4v) is 4.34. The molecule has 3 atom stereocenters. The lowest BCUT2D eigenvalue weighted by Gasteiger charge is -2.25. The van der Waals surface area contributed by atoms with Crippen molar-refractivity contribution in [3.8, 4) is 0 Å². The number of hydrogen-bond donors (Lipinski definition) is 2. The smallest absolute Gasteiger partial charge is 0.191 e. The first-order valence-electron chi connectivity index (χ1n) is 9.84. The summed E-state index contributed by atoms with van der Waals surface area (Å²) in [5.74, 6) is 3.68. The van der Waals surface area contributed by atoms with Gasteiger partial charge < -0.3 is 15.1 Å². The number of rotatable bonds is 7. The second kappa shape index (κ2) is 10.1. The molecule has 5 nitrogen and oxygen atoms in total. The van der Waals surface area contributed by atoms with Crippen LogP contribution in [-0.4, -0.2) is 30.1 Å². The average Bonchev–Trinajstić information content (AvgIpc) is 3.41. The molecule has 2 bridgehead atoms. The van der Waals surface area contributed by atoms with E-state index in [0.717, 1.165) is 55.2 Å². The van der Waals surface area contributed by atoms with Gasteiger partial charge in [0.1, 0.15) is 5.76 Å². The second-order valence-corrected chi connectivity index (χ2v) is 7.48. The predicted molar refractivity (Wildman–Crippen MR) is 118 cm³/mol. The molecule has 146 valence electrons. The van der Waals surface area contributed by atoms with Crippen molar-refractivity contribution >= 4 is 29.9 Å². The third-order valence-corrected chi connectivity index (χ3v) is 5.67. The molecule has 0 spiro atoms. The van der Waals surface area contributed by atoms with Gasteiger partial charge in [-0.15, -0.1) is 24.0 Å². The molecule has 2 aromatic rings. The lowest BCUT2D eigenvalue weighted by Crippen LogP contribution is -2.46. The van der Waals surface area contributed by atoms with Gasteiger partial charge in [0.15, 0.2) is 5.96 Å². The molecule has 0 amide bonds. The summed E-state index contributed by atoms with van der Waals surface area (Å²) in [6, 6.07) is 10.6. The number of aliphatic imine (C=N–C) groups is 1. The van der Waals surface area contributed by atoms with Gasteiger partial charge in [-0.1, -0.05) is 12.5 Å². The number of furan rings is 1. The fraction of sp³-hybridized carbons (Fsp3) is 0.524. The van der Waals surface area contributed by atoms with Crippen molar-refractivity contribution in [3.05, 3.63) is 54.2 Å². The van der Waals surface area contributed by atoms with E-state index in [0.29, 0.717) is 6.04 Å². The van der Waals surface area contributed by atoms with Gasteiger partial charge in [-0.25, -0.2) is 0 Å². The van der Waals surface area contributed by atoms with E-state index < -0.39 is 0 Å². The highest BCUT2D eigenvalue weighted by Crippen LogP contribution is 2.44. The van der Waals surface area contributed by atoms with Crippen molar-refractivity contribution in [2.24, 2.45) is 16.8 Å². The zero-order valence-corrected chi connectivity index (χ0v) is 18.0. The summed E-state index contributed by atoms with van der Waals surface area (Å²) in [6.45, 7) is 1.57. The van der Waals surface area contributed by atoms with Gasteiger partial charge in [-0.2, -0.15) is 0 Å². The van der Waals surface area contributed by atoms with Gasteiger partial charge in [0.25, 0.3) is 0 Å². The van der Waals surface area contributed by atoms with Crippen LogP contribution in [0.2, 0.25) is 0 Å². The van der Waals surface area contributed by atoms with Crippen LogP contribution >= 0.6 is 24.0 Å². The Morgan fingerprint density at radius 1 is 1.15 bits per heavy atom. The molecule has 2 fully saturated rings. The molecular formula is C21H29IN4O. The van der Waals surface area contributed by atoms with Crippen LogP contribution in [0.5, 0.6) is 0 Å². The first-order valence-corrected chi connectivity index (χ1v) is 9.84. The number of halogens is 1. The van der Waals surface area contributed by atoms with Crippen molar-refractivity contribution in [1.29, 1.82) is 0 Å². The molecule has 0 aromatic carbocycles. The number of aromatic nitrogens is 1. The molecule has 2 aromatic heterocycles. The Hall–Kier alpha value is -1.57. The molecule has 6 heteroatoms. The summed E-state index contributed by atoms with van der Waals surface area (Å²) in [5.41, 5.74) is 1.11. The Labute approximate surface area is 178 Å². The summed E-state index contributed by atoms with van der Waals surface area (Å²) in [6.07, 6.45) is 10.8. The SMILES string of the molecule is I.c1ccc(CCNC(=NCCc2ccco2)NC2CC3CCC2C3)nc1. The normalized spacial score (nSPS) is 23.9. The Bertz CT molecular complexity index is 704. The van der Waals surface area contributed by atoms with Crippen LogP contribution in [0.3, 0.4) is 0 Å². The zero-order chi connectivity index (χ0) is 17.6. The molecule has 2 saturated carbocycles. The van der Waals surface area contributed by atoms with Gasteiger partial charge in [-0.05, 0) is 55.4 Å². The third-order valence-electron chi connectivity index (χ3n) is 5.67. The molecule has 0 saturated heterocycles. The van der Waals surface area contributed by atoms with E-state index in [1.807, 2.05) is 30.5 Å². The van der Waals surface area contributed by atoms with Gasteiger partial charge in [0.2, 0.25) is 0 Å². The lowest BCUT2D eigenvalue weighted by atomic mass is 9.95. The van der Waals surface area contributed by atoms with Crippen molar-refractivity contribution in [2.75, 3.05) is 13.1 Å². The summed E-state index contributed by atoms with van der Waals surface area (Å²) < 4.78 is 5.41.